The van der Waals surface area contributed by atoms with E-state index < -0.39 is 0 Å². The molecule has 1 aromatic heterocycles. The minimum absolute atomic E-state index is 0.0305. The van der Waals surface area contributed by atoms with Gasteiger partial charge in [0.1, 0.15) is 0 Å². The van der Waals surface area contributed by atoms with Crippen LogP contribution in [0.3, 0.4) is 0 Å². The molecule has 1 aliphatic heterocycles. The molecule has 1 amide bonds. The highest BCUT2D eigenvalue weighted by molar-refractivity contribution is 5.93. The molecule has 1 saturated heterocycles. The van der Waals surface area contributed by atoms with Crippen molar-refractivity contribution < 1.29 is 4.79 Å². The predicted molar refractivity (Wildman–Crippen MR) is 112 cm³/mol. The maximum Gasteiger partial charge on any atom is 0.256 e. The van der Waals surface area contributed by atoms with Crippen molar-refractivity contribution in [3.63, 3.8) is 0 Å². The summed E-state index contributed by atoms with van der Waals surface area (Å²) in [6.45, 7) is 10.5. The number of nitrogens with zero attached hydrogens (tertiary/aromatic N) is 5. The van der Waals surface area contributed by atoms with Gasteiger partial charge in [-0.25, -0.2) is 9.97 Å². The van der Waals surface area contributed by atoms with Crippen LogP contribution in [0.15, 0.2) is 42.7 Å². The molecular formula is C22H31N5O. The maximum absolute atomic E-state index is 12.7. The highest BCUT2D eigenvalue weighted by Crippen LogP contribution is 2.14. The Labute approximate surface area is 168 Å². The first-order chi connectivity index (χ1) is 13.7. The van der Waals surface area contributed by atoms with E-state index in [0.717, 1.165) is 58.7 Å². The molecule has 6 heteroatoms. The lowest BCUT2D eigenvalue weighted by atomic mass is 10.2. The number of anilines is 1. The van der Waals surface area contributed by atoms with Crippen molar-refractivity contribution in [1.29, 1.82) is 0 Å². The third-order valence-corrected chi connectivity index (χ3v) is 5.06. The molecule has 2 aromatic rings. The summed E-state index contributed by atoms with van der Waals surface area (Å²) < 4.78 is 0. The van der Waals surface area contributed by atoms with Gasteiger partial charge in [0.15, 0.2) is 0 Å². The zero-order valence-electron chi connectivity index (χ0n) is 17.0. The Kier molecular flexibility index (Phi) is 7.37. The molecule has 0 bridgehead atoms. The van der Waals surface area contributed by atoms with Crippen LogP contribution in [0.4, 0.5) is 5.95 Å². The van der Waals surface area contributed by atoms with Gasteiger partial charge >= 0.3 is 0 Å². The molecular weight excluding hydrogens is 350 g/mol. The third-order valence-electron chi connectivity index (χ3n) is 5.06. The Morgan fingerprint density at radius 2 is 1.57 bits per heavy atom. The molecule has 150 valence electrons. The van der Waals surface area contributed by atoms with E-state index in [9.17, 15) is 4.79 Å². The molecule has 1 aliphatic rings. The number of amides is 1. The number of hydrogen-bond acceptors (Lipinski definition) is 5. The number of carbonyl (C=O) groups excluding carboxylic acids is 1. The highest BCUT2D eigenvalue weighted by atomic mass is 16.2. The maximum atomic E-state index is 12.7. The van der Waals surface area contributed by atoms with E-state index in [0.29, 0.717) is 11.5 Å². The van der Waals surface area contributed by atoms with Gasteiger partial charge < -0.3 is 9.80 Å². The standard InChI is InChI=1S/C22H31N5O/c1-3-10-26(11-4-2)21(28)20-16-23-22(24-17-20)27-14-12-25(13-15-27)18-19-8-6-5-7-9-19/h5-9,16-17H,3-4,10-15,18H2,1-2H3. The van der Waals surface area contributed by atoms with E-state index in [1.807, 2.05) is 4.90 Å². The third kappa shape index (κ3) is 5.29. The van der Waals surface area contributed by atoms with E-state index in [1.165, 1.54) is 5.56 Å². The Hall–Kier alpha value is -2.47. The fourth-order valence-electron chi connectivity index (χ4n) is 3.58. The van der Waals surface area contributed by atoms with Gasteiger partial charge in [-0.1, -0.05) is 44.2 Å². The molecule has 1 fully saturated rings. The number of rotatable bonds is 8. The fraction of sp³-hybridized carbons (Fsp3) is 0.500. The summed E-state index contributed by atoms with van der Waals surface area (Å²) in [6, 6.07) is 10.6. The molecule has 0 atom stereocenters. The smallest absolute Gasteiger partial charge is 0.256 e. The second-order valence-electron chi connectivity index (χ2n) is 7.31. The van der Waals surface area contributed by atoms with Crippen LogP contribution in [0, 0.1) is 0 Å². The van der Waals surface area contributed by atoms with Gasteiger partial charge in [0.2, 0.25) is 5.95 Å². The quantitative estimate of drug-likeness (QED) is 0.703. The largest absolute Gasteiger partial charge is 0.339 e. The van der Waals surface area contributed by atoms with Crippen LogP contribution in [0.5, 0.6) is 0 Å². The molecule has 1 aromatic carbocycles. The van der Waals surface area contributed by atoms with Gasteiger partial charge in [-0.15, -0.1) is 0 Å². The van der Waals surface area contributed by atoms with Gasteiger partial charge in [-0.2, -0.15) is 0 Å². The molecule has 0 saturated carbocycles. The second-order valence-corrected chi connectivity index (χ2v) is 7.31. The molecule has 0 N–H and O–H groups in total. The summed E-state index contributed by atoms with van der Waals surface area (Å²) in [7, 11) is 0. The van der Waals surface area contributed by atoms with Gasteiger partial charge in [0, 0.05) is 58.2 Å². The zero-order chi connectivity index (χ0) is 19.8. The monoisotopic (exact) mass is 381 g/mol. The molecule has 2 heterocycles. The van der Waals surface area contributed by atoms with E-state index in [-0.39, 0.29) is 5.91 Å². The Morgan fingerprint density at radius 3 is 2.14 bits per heavy atom. The van der Waals surface area contributed by atoms with Crippen molar-refractivity contribution in [2.45, 2.75) is 33.2 Å². The average Bonchev–Trinajstić information content (AvgIpc) is 2.74. The SMILES string of the molecule is CCCN(CCC)C(=O)c1cnc(N2CCN(Cc3ccccc3)CC2)nc1. The van der Waals surface area contributed by atoms with Crippen LogP contribution in [0.25, 0.3) is 0 Å². The number of aromatic nitrogens is 2. The summed E-state index contributed by atoms with van der Waals surface area (Å²) in [5.41, 5.74) is 1.92. The number of benzene rings is 1. The van der Waals surface area contributed by atoms with Crippen LogP contribution in [-0.2, 0) is 6.54 Å². The van der Waals surface area contributed by atoms with Crippen molar-refractivity contribution in [3.05, 3.63) is 53.9 Å². The Bertz CT molecular complexity index is 720. The van der Waals surface area contributed by atoms with Gasteiger partial charge in [-0.3, -0.25) is 9.69 Å². The van der Waals surface area contributed by atoms with Gasteiger partial charge in [-0.05, 0) is 18.4 Å². The molecule has 0 radical (unpaired) electrons. The molecule has 6 nitrogen and oxygen atoms in total. The number of carbonyl (C=O) groups is 1. The van der Waals surface area contributed by atoms with E-state index in [4.69, 9.17) is 0 Å². The van der Waals surface area contributed by atoms with Crippen LogP contribution in [0.1, 0.15) is 42.6 Å². The van der Waals surface area contributed by atoms with Crippen molar-refractivity contribution >= 4 is 11.9 Å². The minimum atomic E-state index is 0.0305. The molecule has 3 rings (SSSR count). The number of hydrogen-bond donors (Lipinski definition) is 0. The minimum Gasteiger partial charge on any atom is -0.339 e. The summed E-state index contributed by atoms with van der Waals surface area (Å²) in [4.78, 5) is 28.2. The van der Waals surface area contributed by atoms with Crippen molar-refractivity contribution in [2.24, 2.45) is 0 Å². The summed E-state index contributed by atoms with van der Waals surface area (Å²) in [6.07, 6.45) is 5.27. The molecule has 0 spiro atoms. The lowest BCUT2D eigenvalue weighted by molar-refractivity contribution is 0.0754. The van der Waals surface area contributed by atoms with Crippen molar-refractivity contribution in [3.8, 4) is 0 Å². The topological polar surface area (TPSA) is 52.6 Å². The first-order valence-corrected chi connectivity index (χ1v) is 10.3. The van der Waals surface area contributed by atoms with Gasteiger partial charge in [0.25, 0.3) is 5.91 Å². The van der Waals surface area contributed by atoms with Crippen LogP contribution in [0.2, 0.25) is 0 Å². The van der Waals surface area contributed by atoms with Crippen LogP contribution >= 0.6 is 0 Å². The van der Waals surface area contributed by atoms with Crippen molar-refractivity contribution in [2.75, 3.05) is 44.2 Å². The second kappa shape index (κ2) is 10.2. The number of piperazine rings is 1. The summed E-state index contributed by atoms with van der Waals surface area (Å²) in [5, 5.41) is 0. The Morgan fingerprint density at radius 1 is 0.964 bits per heavy atom. The predicted octanol–water partition coefficient (Wildman–Crippen LogP) is 3.06. The summed E-state index contributed by atoms with van der Waals surface area (Å²) in [5.74, 6) is 0.747. The lowest BCUT2D eigenvalue weighted by Crippen LogP contribution is -2.46. The van der Waals surface area contributed by atoms with Crippen LogP contribution < -0.4 is 4.90 Å². The molecule has 28 heavy (non-hydrogen) atoms. The van der Waals surface area contributed by atoms with E-state index in [2.05, 4.69) is 63.9 Å². The van der Waals surface area contributed by atoms with E-state index >= 15 is 0 Å². The first-order valence-electron chi connectivity index (χ1n) is 10.3. The molecule has 0 unspecified atom stereocenters. The average molecular weight is 382 g/mol. The summed E-state index contributed by atoms with van der Waals surface area (Å²) >= 11 is 0. The fourth-order valence-corrected chi connectivity index (χ4v) is 3.58. The lowest BCUT2D eigenvalue weighted by Gasteiger charge is -2.34. The first kappa shape index (κ1) is 20.3. The Balaban J connectivity index is 1.55. The van der Waals surface area contributed by atoms with Crippen LogP contribution in [-0.4, -0.2) is 64.9 Å². The van der Waals surface area contributed by atoms with E-state index in [1.54, 1.807) is 12.4 Å². The van der Waals surface area contributed by atoms with Crippen molar-refractivity contribution in [1.82, 2.24) is 19.8 Å². The highest BCUT2D eigenvalue weighted by Gasteiger charge is 2.20. The zero-order valence-corrected chi connectivity index (χ0v) is 17.0. The molecule has 0 aliphatic carbocycles. The normalized spacial score (nSPS) is 14.9. The van der Waals surface area contributed by atoms with Gasteiger partial charge in [0.05, 0.1) is 5.56 Å².